The van der Waals surface area contributed by atoms with Gasteiger partial charge in [-0.3, -0.25) is 9.59 Å². The highest BCUT2D eigenvalue weighted by molar-refractivity contribution is 9.10. The molecule has 120 valence electrons. The molecule has 0 bridgehead atoms. The van der Waals surface area contributed by atoms with Crippen LogP contribution < -0.4 is 10.6 Å². The molecule has 0 aliphatic heterocycles. The van der Waals surface area contributed by atoms with Gasteiger partial charge in [0.15, 0.2) is 0 Å². The quantitative estimate of drug-likeness (QED) is 0.737. The van der Waals surface area contributed by atoms with E-state index in [-0.39, 0.29) is 5.91 Å². The van der Waals surface area contributed by atoms with E-state index in [9.17, 15) is 9.59 Å². The highest BCUT2D eigenvalue weighted by Crippen LogP contribution is 2.23. The second kappa shape index (κ2) is 7.15. The van der Waals surface area contributed by atoms with E-state index in [0.717, 1.165) is 4.47 Å². The molecule has 0 aliphatic carbocycles. The Bertz CT molecular complexity index is 730. The summed E-state index contributed by atoms with van der Waals surface area (Å²) in [6, 6.07) is 13.9. The smallest absolute Gasteiger partial charge is 0.239 e. The fourth-order valence-electron chi connectivity index (χ4n) is 1.78. The highest BCUT2D eigenvalue weighted by atomic mass is 79.9. The summed E-state index contributed by atoms with van der Waals surface area (Å²) < 4.78 is 0.846. The molecule has 0 heterocycles. The summed E-state index contributed by atoms with van der Waals surface area (Å²) >= 11 is 9.15. The molecule has 2 aromatic carbocycles. The van der Waals surface area contributed by atoms with E-state index in [0.29, 0.717) is 16.4 Å². The molecule has 4 nitrogen and oxygen atoms in total. The molecular formula is C17H16BrClN2O2. The van der Waals surface area contributed by atoms with E-state index in [2.05, 4.69) is 26.6 Å². The minimum absolute atomic E-state index is 0.387. The molecule has 2 aromatic rings. The van der Waals surface area contributed by atoms with Gasteiger partial charge in [-0.2, -0.15) is 0 Å². The molecule has 0 radical (unpaired) electrons. The van der Waals surface area contributed by atoms with Gasteiger partial charge in [-0.15, -0.1) is 0 Å². The first-order chi connectivity index (χ1) is 10.8. The average Bonchev–Trinajstić information content (AvgIpc) is 2.49. The number of hydrogen-bond acceptors (Lipinski definition) is 2. The Balaban J connectivity index is 2.08. The predicted molar refractivity (Wildman–Crippen MR) is 96.6 cm³/mol. The van der Waals surface area contributed by atoms with Crippen molar-refractivity contribution in [3.63, 3.8) is 0 Å². The van der Waals surface area contributed by atoms with Crippen LogP contribution in [-0.4, -0.2) is 11.8 Å². The van der Waals surface area contributed by atoms with E-state index >= 15 is 0 Å². The Morgan fingerprint density at radius 1 is 0.957 bits per heavy atom. The lowest BCUT2D eigenvalue weighted by Crippen LogP contribution is -2.41. The molecule has 0 spiro atoms. The zero-order valence-electron chi connectivity index (χ0n) is 12.7. The third-order valence-electron chi connectivity index (χ3n) is 3.32. The summed E-state index contributed by atoms with van der Waals surface area (Å²) in [5.41, 5.74) is -0.0263. The number of hydrogen-bond donors (Lipinski definition) is 2. The number of rotatable bonds is 4. The van der Waals surface area contributed by atoms with E-state index in [1.807, 2.05) is 6.07 Å². The first-order valence-electron chi connectivity index (χ1n) is 6.93. The van der Waals surface area contributed by atoms with Crippen molar-refractivity contribution in [3.05, 3.63) is 58.0 Å². The lowest BCUT2D eigenvalue weighted by atomic mass is 9.90. The first-order valence-corrected chi connectivity index (χ1v) is 8.10. The summed E-state index contributed by atoms with van der Waals surface area (Å²) in [6.07, 6.45) is 0. The Morgan fingerprint density at radius 3 is 2.09 bits per heavy atom. The van der Waals surface area contributed by atoms with Gasteiger partial charge in [0.1, 0.15) is 5.41 Å². The van der Waals surface area contributed by atoms with Crippen LogP contribution in [0.25, 0.3) is 0 Å². The summed E-state index contributed by atoms with van der Waals surface area (Å²) in [4.78, 5) is 24.8. The van der Waals surface area contributed by atoms with Crippen molar-refractivity contribution in [3.8, 4) is 0 Å². The molecule has 23 heavy (non-hydrogen) atoms. The second-order valence-corrected chi connectivity index (χ2v) is 6.90. The molecular weight excluding hydrogens is 380 g/mol. The van der Waals surface area contributed by atoms with Crippen LogP contribution in [0.5, 0.6) is 0 Å². The van der Waals surface area contributed by atoms with Gasteiger partial charge in [0.05, 0.1) is 0 Å². The van der Waals surface area contributed by atoms with Crippen LogP contribution in [0.4, 0.5) is 11.4 Å². The van der Waals surface area contributed by atoms with E-state index in [4.69, 9.17) is 11.6 Å². The number of anilines is 2. The van der Waals surface area contributed by atoms with E-state index in [1.54, 1.807) is 56.3 Å². The van der Waals surface area contributed by atoms with Crippen molar-refractivity contribution in [1.82, 2.24) is 0 Å². The number of carbonyl (C=O) groups excluding carboxylic acids is 2. The Kier molecular flexibility index (Phi) is 5.44. The summed E-state index contributed by atoms with van der Waals surface area (Å²) in [5, 5.41) is 6.05. The maximum atomic E-state index is 12.4. The number of halogens is 2. The molecule has 2 N–H and O–H groups in total. The van der Waals surface area contributed by atoms with Crippen molar-refractivity contribution < 1.29 is 9.59 Å². The van der Waals surface area contributed by atoms with Crippen molar-refractivity contribution in [2.75, 3.05) is 10.6 Å². The minimum Gasteiger partial charge on any atom is -0.325 e. The van der Waals surface area contributed by atoms with Gasteiger partial charge < -0.3 is 10.6 Å². The highest BCUT2D eigenvalue weighted by Gasteiger charge is 2.36. The monoisotopic (exact) mass is 394 g/mol. The summed E-state index contributed by atoms with van der Waals surface area (Å²) in [5.74, 6) is -0.783. The molecule has 2 rings (SSSR count). The van der Waals surface area contributed by atoms with Crippen LogP contribution in [0.3, 0.4) is 0 Å². The summed E-state index contributed by atoms with van der Waals surface area (Å²) in [6.45, 7) is 3.15. The minimum atomic E-state index is -1.23. The molecule has 6 heteroatoms. The van der Waals surface area contributed by atoms with Crippen LogP contribution in [0.15, 0.2) is 53.0 Å². The lowest BCUT2D eigenvalue weighted by molar-refractivity contribution is -0.135. The van der Waals surface area contributed by atoms with Gasteiger partial charge in [0.25, 0.3) is 0 Å². The van der Waals surface area contributed by atoms with Crippen LogP contribution in [0.2, 0.25) is 5.02 Å². The first kappa shape index (κ1) is 17.5. The van der Waals surface area contributed by atoms with Gasteiger partial charge in [0, 0.05) is 20.9 Å². The van der Waals surface area contributed by atoms with E-state index < -0.39 is 11.3 Å². The zero-order chi connectivity index (χ0) is 17.0. The standard InChI is InChI=1S/C17H16BrClN2O2/c1-17(2,15(22)20-13-8-6-12(19)7-9-13)16(23)21-14-5-3-4-11(18)10-14/h3-10H,1-2H3,(H,20,22)(H,21,23). The van der Waals surface area contributed by atoms with Crippen molar-refractivity contribution in [2.24, 2.45) is 5.41 Å². The molecule has 2 amide bonds. The third-order valence-corrected chi connectivity index (χ3v) is 4.07. The SMILES string of the molecule is CC(C)(C(=O)Nc1ccc(Cl)cc1)C(=O)Nc1cccc(Br)c1. The van der Waals surface area contributed by atoms with E-state index in [1.165, 1.54) is 0 Å². The molecule has 0 saturated heterocycles. The van der Waals surface area contributed by atoms with Gasteiger partial charge in [-0.1, -0.05) is 33.6 Å². The molecule has 0 aliphatic rings. The molecule has 0 aromatic heterocycles. The normalized spacial score (nSPS) is 11.0. The number of nitrogens with one attached hydrogen (secondary N) is 2. The average molecular weight is 396 g/mol. The van der Waals surface area contributed by atoms with Crippen molar-refractivity contribution in [2.45, 2.75) is 13.8 Å². The van der Waals surface area contributed by atoms with Gasteiger partial charge >= 0.3 is 0 Å². The molecule has 0 atom stereocenters. The van der Waals surface area contributed by atoms with Gasteiger partial charge in [0.2, 0.25) is 11.8 Å². The molecule has 0 fully saturated rings. The largest absolute Gasteiger partial charge is 0.325 e. The molecule has 0 unspecified atom stereocenters. The topological polar surface area (TPSA) is 58.2 Å². The predicted octanol–water partition coefficient (Wildman–Crippen LogP) is 4.71. The van der Waals surface area contributed by atoms with Crippen molar-refractivity contribution >= 4 is 50.7 Å². The maximum absolute atomic E-state index is 12.4. The van der Waals surface area contributed by atoms with Crippen LogP contribution in [-0.2, 0) is 9.59 Å². The van der Waals surface area contributed by atoms with Crippen molar-refractivity contribution in [1.29, 1.82) is 0 Å². The Morgan fingerprint density at radius 2 is 1.52 bits per heavy atom. The summed E-state index contributed by atoms with van der Waals surface area (Å²) in [7, 11) is 0. The van der Waals surface area contributed by atoms with Gasteiger partial charge in [-0.05, 0) is 56.3 Å². The fraction of sp³-hybridized carbons (Fsp3) is 0.176. The number of amides is 2. The lowest BCUT2D eigenvalue weighted by Gasteiger charge is -2.22. The van der Waals surface area contributed by atoms with Gasteiger partial charge in [-0.25, -0.2) is 0 Å². The van der Waals surface area contributed by atoms with Crippen LogP contribution in [0, 0.1) is 5.41 Å². The number of benzene rings is 2. The van der Waals surface area contributed by atoms with Crippen LogP contribution in [0.1, 0.15) is 13.8 Å². The van der Waals surface area contributed by atoms with Crippen LogP contribution >= 0.6 is 27.5 Å². The third kappa shape index (κ3) is 4.56. The fourth-order valence-corrected chi connectivity index (χ4v) is 2.30. The zero-order valence-corrected chi connectivity index (χ0v) is 15.0. The molecule has 0 saturated carbocycles. The second-order valence-electron chi connectivity index (χ2n) is 5.55. The number of carbonyl (C=O) groups is 2. The Labute approximate surface area is 148 Å². The Hall–Kier alpha value is -1.85. The maximum Gasteiger partial charge on any atom is 0.239 e.